The number of benzene rings is 2. The van der Waals surface area contributed by atoms with Gasteiger partial charge in [-0.15, -0.1) is 0 Å². The third-order valence-corrected chi connectivity index (χ3v) is 10.7. The number of unbranched alkanes of at least 4 members (excludes halogenated alkanes) is 5. The van der Waals surface area contributed by atoms with Crippen molar-refractivity contribution >= 4 is 47.1 Å². The van der Waals surface area contributed by atoms with Gasteiger partial charge in [-0.3, -0.25) is 9.00 Å². The van der Waals surface area contributed by atoms with Crippen LogP contribution in [0.3, 0.4) is 0 Å². The second-order valence-electron chi connectivity index (χ2n) is 11.5. The number of thioether (sulfide) groups is 1. The Labute approximate surface area is 285 Å². The van der Waals surface area contributed by atoms with Crippen LogP contribution < -0.4 is 24.3 Å². The van der Waals surface area contributed by atoms with E-state index in [4.69, 9.17) is 18.9 Å². The quantitative estimate of drug-likeness (QED) is 0.115. The van der Waals surface area contributed by atoms with Gasteiger partial charge >= 0.3 is 5.97 Å². The van der Waals surface area contributed by atoms with E-state index >= 15 is 0 Å². The van der Waals surface area contributed by atoms with Crippen LogP contribution >= 0.6 is 24.4 Å². The number of amides is 1. The Kier molecular flexibility index (Phi) is 17.0. The zero-order chi connectivity index (χ0) is 33.3. The molecule has 0 saturated heterocycles. The van der Waals surface area contributed by atoms with E-state index in [9.17, 15) is 18.9 Å². The Morgan fingerprint density at radius 2 is 1.48 bits per heavy atom. The van der Waals surface area contributed by atoms with Gasteiger partial charge in [0.15, 0.2) is 23.0 Å². The Bertz CT molecular complexity index is 1280. The fourth-order valence-corrected chi connectivity index (χ4v) is 7.13. The first-order valence-corrected chi connectivity index (χ1v) is 19.4. The zero-order valence-electron chi connectivity index (χ0n) is 27.2. The average molecular weight is 696 g/mol. The highest BCUT2D eigenvalue weighted by Gasteiger charge is 2.25. The first kappa shape index (κ1) is 37.9. The van der Waals surface area contributed by atoms with Crippen LogP contribution in [0.4, 0.5) is 0 Å². The summed E-state index contributed by atoms with van der Waals surface area (Å²) in [6.45, 7) is 4.81. The van der Waals surface area contributed by atoms with Crippen LogP contribution in [0.2, 0.25) is 0 Å². The van der Waals surface area contributed by atoms with Crippen LogP contribution in [-0.2, 0) is 33.2 Å². The fraction of sp³-hybridized carbons (Fsp3) is 0.588. The second kappa shape index (κ2) is 20.6. The average Bonchev–Trinajstić information content (AvgIpc) is 3.72. The molecule has 2 aromatic rings. The molecule has 0 spiro atoms. The third kappa shape index (κ3) is 12.6. The molecule has 0 aliphatic carbocycles. The normalized spacial score (nSPS) is 15.3. The van der Waals surface area contributed by atoms with E-state index in [0.29, 0.717) is 42.6 Å². The van der Waals surface area contributed by atoms with Crippen molar-refractivity contribution in [2.24, 2.45) is 5.92 Å². The number of carbonyl (C=O) groups excluding carboxylic acids is 1. The van der Waals surface area contributed by atoms with Gasteiger partial charge in [-0.2, -0.15) is 24.4 Å². The largest absolute Gasteiger partial charge is 0.480 e. The van der Waals surface area contributed by atoms with Gasteiger partial charge < -0.3 is 29.4 Å². The van der Waals surface area contributed by atoms with Crippen molar-refractivity contribution in [2.75, 3.05) is 37.1 Å². The predicted molar refractivity (Wildman–Crippen MR) is 188 cm³/mol. The molecule has 4 unspecified atom stereocenters. The number of thiol groups is 1. The van der Waals surface area contributed by atoms with Crippen molar-refractivity contribution in [3.63, 3.8) is 0 Å². The highest BCUT2D eigenvalue weighted by molar-refractivity contribution is 7.98. The van der Waals surface area contributed by atoms with Crippen LogP contribution in [0.1, 0.15) is 69.9 Å². The number of rotatable bonds is 19. The van der Waals surface area contributed by atoms with Crippen molar-refractivity contribution < 1.29 is 37.9 Å². The zero-order valence-corrected chi connectivity index (χ0v) is 29.7. The Hall–Kier alpha value is -2.57. The van der Waals surface area contributed by atoms with Crippen LogP contribution in [0.25, 0.3) is 0 Å². The number of aliphatic carboxylic acids is 1. The van der Waals surface area contributed by atoms with Gasteiger partial charge in [0.1, 0.15) is 6.04 Å². The smallest absolute Gasteiger partial charge is 0.326 e. The van der Waals surface area contributed by atoms with Gasteiger partial charge in [0.25, 0.3) is 0 Å². The molecular formula is C34H49NO8S3. The Morgan fingerprint density at radius 3 is 2.04 bits per heavy atom. The van der Waals surface area contributed by atoms with E-state index in [1.54, 1.807) is 11.8 Å². The van der Waals surface area contributed by atoms with E-state index in [2.05, 4.69) is 31.8 Å². The molecule has 9 nitrogen and oxygen atoms in total. The second-order valence-corrected chi connectivity index (χ2v) is 14.8. The number of carbonyl (C=O) groups is 2. The summed E-state index contributed by atoms with van der Waals surface area (Å²) < 4.78 is 33.6. The Morgan fingerprint density at radius 1 is 0.913 bits per heavy atom. The molecule has 0 bridgehead atoms. The summed E-state index contributed by atoms with van der Waals surface area (Å²) >= 11 is 5.79. The first-order chi connectivity index (χ1) is 22.2. The SMILES string of the molecule is CCCCCCCCS(=O)C(C)Cc1ccc2c(c1)OCO2.CSCCC(NC(=O)C(CS)Cc1ccc2c(c1)OCO2)C(=O)O. The number of ether oxygens (including phenoxy) is 4. The topological polar surface area (TPSA) is 120 Å². The molecule has 256 valence electrons. The molecule has 4 rings (SSSR count). The maximum Gasteiger partial charge on any atom is 0.326 e. The van der Waals surface area contributed by atoms with Crippen LogP contribution in [0.5, 0.6) is 23.0 Å². The summed E-state index contributed by atoms with van der Waals surface area (Å²) in [5, 5.41) is 12.0. The van der Waals surface area contributed by atoms with Gasteiger partial charge in [0.05, 0.1) is 5.92 Å². The monoisotopic (exact) mass is 695 g/mol. The maximum absolute atomic E-state index is 12.4. The minimum atomic E-state index is -1.02. The van der Waals surface area contributed by atoms with Crippen LogP contribution in [-0.4, -0.2) is 69.6 Å². The van der Waals surface area contributed by atoms with E-state index < -0.39 is 28.7 Å². The molecule has 2 aliphatic heterocycles. The van der Waals surface area contributed by atoms with Gasteiger partial charge in [0, 0.05) is 27.6 Å². The van der Waals surface area contributed by atoms with Gasteiger partial charge in [-0.05, 0) is 73.1 Å². The predicted octanol–water partition coefficient (Wildman–Crippen LogP) is 6.28. The number of carboxylic acids is 1. The Balaban J connectivity index is 0.000000251. The van der Waals surface area contributed by atoms with Gasteiger partial charge in [0.2, 0.25) is 19.5 Å². The summed E-state index contributed by atoms with van der Waals surface area (Å²) in [6, 6.07) is 10.7. The number of hydrogen-bond donors (Lipinski definition) is 3. The van der Waals surface area contributed by atoms with Gasteiger partial charge in [-0.25, -0.2) is 4.79 Å². The fourth-order valence-electron chi connectivity index (χ4n) is 5.09. The summed E-state index contributed by atoms with van der Waals surface area (Å²) in [6.07, 6.45) is 11.1. The van der Waals surface area contributed by atoms with Gasteiger partial charge in [-0.1, -0.05) is 58.1 Å². The number of fused-ring (bicyclic) bond motifs is 2. The summed E-state index contributed by atoms with van der Waals surface area (Å²) in [5.74, 6) is 3.08. The lowest BCUT2D eigenvalue weighted by Crippen LogP contribution is -2.44. The lowest BCUT2D eigenvalue weighted by Gasteiger charge is -2.19. The molecule has 2 heterocycles. The van der Waals surface area contributed by atoms with Crippen LogP contribution in [0, 0.1) is 5.92 Å². The standard InChI is InChI=1S/C18H28O3S.C16H21NO5S2/c1-3-4-5-6-7-8-11-22(19)15(2)12-16-9-10-17-18(13-16)21-14-20-17;1-24-5-4-12(16(19)20)17-15(18)11(8-23)6-10-2-3-13-14(7-10)22-9-21-13/h9-10,13,15H,3-8,11-12,14H2,1-2H3;2-3,7,11-12,23H,4-6,8-9H2,1H3,(H,17,18)(H,19,20). The summed E-state index contributed by atoms with van der Waals surface area (Å²) in [7, 11) is -0.743. The minimum absolute atomic E-state index is 0.191. The van der Waals surface area contributed by atoms with Crippen molar-refractivity contribution in [3.8, 4) is 23.0 Å². The minimum Gasteiger partial charge on any atom is -0.480 e. The number of nitrogens with one attached hydrogen (secondary N) is 1. The molecule has 2 N–H and O–H groups in total. The molecule has 46 heavy (non-hydrogen) atoms. The van der Waals surface area contributed by atoms with E-state index in [-0.39, 0.29) is 18.0 Å². The maximum atomic E-state index is 12.4. The third-order valence-electron chi connectivity index (χ3n) is 7.84. The van der Waals surface area contributed by atoms with Crippen molar-refractivity contribution in [1.29, 1.82) is 0 Å². The van der Waals surface area contributed by atoms with Crippen LogP contribution in [0.15, 0.2) is 36.4 Å². The molecule has 0 aromatic heterocycles. The van der Waals surface area contributed by atoms with Crippen molar-refractivity contribution in [2.45, 2.75) is 82.9 Å². The molecule has 1 amide bonds. The number of hydrogen-bond acceptors (Lipinski definition) is 9. The lowest BCUT2D eigenvalue weighted by molar-refractivity contribution is -0.142. The summed E-state index contributed by atoms with van der Waals surface area (Å²) in [4.78, 5) is 23.7. The summed E-state index contributed by atoms with van der Waals surface area (Å²) in [5.41, 5.74) is 2.09. The lowest BCUT2D eigenvalue weighted by atomic mass is 9.99. The van der Waals surface area contributed by atoms with E-state index in [0.717, 1.165) is 35.7 Å². The molecule has 0 fully saturated rings. The molecule has 12 heteroatoms. The molecular weight excluding hydrogens is 647 g/mol. The highest BCUT2D eigenvalue weighted by atomic mass is 32.2. The van der Waals surface area contributed by atoms with Crippen molar-refractivity contribution in [1.82, 2.24) is 5.32 Å². The molecule has 4 atom stereocenters. The molecule has 2 aliphatic rings. The molecule has 0 radical (unpaired) electrons. The molecule has 2 aromatic carbocycles. The van der Waals surface area contributed by atoms with E-state index in [1.807, 2.05) is 42.7 Å². The highest BCUT2D eigenvalue weighted by Crippen LogP contribution is 2.34. The molecule has 0 saturated carbocycles. The number of carboxylic acid groups (broad SMARTS) is 1. The van der Waals surface area contributed by atoms with E-state index in [1.165, 1.54) is 37.7 Å². The van der Waals surface area contributed by atoms with Crippen molar-refractivity contribution in [3.05, 3.63) is 47.5 Å². The first-order valence-electron chi connectivity index (χ1n) is 16.0.